The van der Waals surface area contributed by atoms with Crippen molar-refractivity contribution in [2.24, 2.45) is 0 Å². The minimum atomic E-state index is -0.148. The number of ketones is 2. The molecule has 0 aromatic heterocycles. The fourth-order valence-electron chi connectivity index (χ4n) is 1.89. The van der Waals surface area contributed by atoms with E-state index < -0.39 is 0 Å². The first-order valence-corrected chi connectivity index (χ1v) is 6.24. The van der Waals surface area contributed by atoms with Crippen LogP contribution in [0.4, 0.5) is 0 Å². The average molecular weight is 236 g/mol. The van der Waals surface area contributed by atoms with Gasteiger partial charge in [0.2, 0.25) is 5.78 Å². The van der Waals surface area contributed by atoms with Gasteiger partial charge in [0.1, 0.15) is 0 Å². The van der Waals surface area contributed by atoms with Crippen molar-refractivity contribution in [1.82, 2.24) is 0 Å². The van der Waals surface area contributed by atoms with Gasteiger partial charge in [-0.1, -0.05) is 32.6 Å². The number of ether oxygens (including phenoxy) is 1. The quantitative estimate of drug-likeness (QED) is 0.504. The number of carbonyl (C=O) groups excluding carboxylic acids is 2. The van der Waals surface area contributed by atoms with E-state index in [0.29, 0.717) is 12.0 Å². The minimum absolute atomic E-state index is 0.136. The van der Waals surface area contributed by atoms with Gasteiger partial charge in [-0.3, -0.25) is 9.59 Å². The summed E-state index contributed by atoms with van der Waals surface area (Å²) in [4.78, 5) is 23.1. The van der Waals surface area contributed by atoms with E-state index in [1.54, 1.807) is 0 Å². The number of unbranched alkanes of at least 4 members (excludes halogenated alkanes) is 4. The van der Waals surface area contributed by atoms with Crippen molar-refractivity contribution >= 4 is 11.6 Å². The average Bonchev–Trinajstić information content (AvgIpc) is 2.32. The SMILES string of the molecule is CCCCCCCC1=CC(=O)C=C(OC)C1=O. The number of hydrogen-bond acceptors (Lipinski definition) is 3. The van der Waals surface area contributed by atoms with Crippen LogP contribution >= 0.6 is 0 Å². The van der Waals surface area contributed by atoms with Crippen molar-refractivity contribution in [1.29, 1.82) is 0 Å². The van der Waals surface area contributed by atoms with Gasteiger partial charge in [0.05, 0.1) is 7.11 Å². The highest BCUT2D eigenvalue weighted by Crippen LogP contribution is 2.19. The van der Waals surface area contributed by atoms with Gasteiger partial charge >= 0.3 is 0 Å². The van der Waals surface area contributed by atoms with Gasteiger partial charge in [0.25, 0.3) is 0 Å². The van der Waals surface area contributed by atoms with E-state index >= 15 is 0 Å². The molecule has 0 aliphatic heterocycles. The molecule has 0 aromatic carbocycles. The van der Waals surface area contributed by atoms with E-state index in [2.05, 4.69) is 6.92 Å². The Labute approximate surface area is 103 Å². The Bertz CT molecular complexity index is 350. The summed E-state index contributed by atoms with van der Waals surface area (Å²) in [5.41, 5.74) is 0.589. The molecule has 1 rings (SSSR count). The lowest BCUT2D eigenvalue weighted by atomic mass is 9.96. The lowest BCUT2D eigenvalue weighted by molar-refractivity contribution is -0.117. The van der Waals surface area contributed by atoms with Crippen LogP contribution in [-0.2, 0) is 14.3 Å². The van der Waals surface area contributed by atoms with Gasteiger partial charge < -0.3 is 4.74 Å². The number of methoxy groups -OCH3 is 1. The van der Waals surface area contributed by atoms with Crippen LogP contribution in [0.25, 0.3) is 0 Å². The summed E-state index contributed by atoms with van der Waals surface area (Å²) in [5, 5.41) is 0. The molecule has 94 valence electrons. The Balaban J connectivity index is 2.43. The maximum absolute atomic E-state index is 11.8. The van der Waals surface area contributed by atoms with Crippen LogP contribution in [0.1, 0.15) is 45.4 Å². The minimum Gasteiger partial charge on any atom is -0.493 e. The fourth-order valence-corrected chi connectivity index (χ4v) is 1.89. The maximum Gasteiger partial charge on any atom is 0.223 e. The summed E-state index contributed by atoms with van der Waals surface area (Å²) in [6, 6.07) is 0. The number of allylic oxidation sites excluding steroid dienone is 3. The summed E-state index contributed by atoms with van der Waals surface area (Å²) in [5.74, 6) is -0.117. The van der Waals surface area contributed by atoms with Crippen molar-refractivity contribution < 1.29 is 14.3 Å². The van der Waals surface area contributed by atoms with Gasteiger partial charge in [0, 0.05) is 11.6 Å². The first-order chi connectivity index (χ1) is 8.19. The zero-order valence-electron chi connectivity index (χ0n) is 10.6. The Morgan fingerprint density at radius 1 is 1.06 bits per heavy atom. The first kappa shape index (κ1) is 13.7. The van der Waals surface area contributed by atoms with Gasteiger partial charge in [-0.2, -0.15) is 0 Å². The Kier molecular flexibility index (Phi) is 5.67. The molecule has 0 unspecified atom stereocenters. The largest absolute Gasteiger partial charge is 0.493 e. The highest BCUT2D eigenvalue weighted by atomic mass is 16.5. The molecule has 0 heterocycles. The van der Waals surface area contributed by atoms with E-state index in [4.69, 9.17) is 4.74 Å². The van der Waals surface area contributed by atoms with Crippen LogP contribution < -0.4 is 0 Å². The Hall–Kier alpha value is -1.38. The molecule has 1 aliphatic rings. The lowest BCUT2D eigenvalue weighted by Crippen LogP contribution is -2.15. The normalized spacial score (nSPS) is 15.6. The zero-order chi connectivity index (χ0) is 12.7. The summed E-state index contributed by atoms with van der Waals surface area (Å²) in [7, 11) is 1.42. The molecule has 1 aliphatic carbocycles. The van der Waals surface area contributed by atoms with E-state index in [9.17, 15) is 9.59 Å². The van der Waals surface area contributed by atoms with Crippen LogP contribution in [0.5, 0.6) is 0 Å². The summed E-state index contributed by atoms with van der Waals surface area (Å²) in [6.45, 7) is 2.17. The third-order valence-corrected chi connectivity index (χ3v) is 2.87. The predicted molar refractivity (Wildman–Crippen MR) is 66.6 cm³/mol. The third-order valence-electron chi connectivity index (χ3n) is 2.87. The van der Waals surface area contributed by atoms with Gasteiger partial charge in [0.15, 0.2) is 11.5 Å². The molecule has 0 saturated carbocycles. The molecule has 0 aromatic rings. The third kappa shape index (κ3) is 4.17. The van der Waals surface area contributed by atoms with Crippen molar-refractivity contribution in [2.45, 2.75) is 45.4 Å². The van der Waals surface area contributed by atoms with Crippen molar-refractivity contribution in [3.05, 3.63) is 23.5 Å². The number of Topliss-reactive ketones (excluding diaryl/α,β-unsaturated/α-hetero) is 1. The van der Waals surface area contributed by atoms with Gasteiger partial charge in [-0.05, 0) is 18.9 Å². The van der Waals surface area contributed by atoms with E-state index in [0.717, 1.165) is 12.8 Å². The molecule has 3 nitrogen and oxygen atoms in total. The first-order valence-electron chi connectivity index (χ1n) is 6.24. The summed E-state index contributed by atoms with van der Waals surface area (Å²) in [6.07, 6.45) is 9.06. The van der Waals surface area contributed by atoms with E-state index in [-0.39, 0.29) is 17.3 Å². The highest BCUT2D eigenvalue weighted by molar-refractivity contribution is 6.19. The zero-order valence-corrected chi connectivity index (χ0v) is 10.6. The van der Waals surface area contributed by atoms with Crippen LogP contribution in [0.2, 0.25) is 0 Å². The van der Waals surface area contributed by atoms with Crippen molar-refractivity contribution in [2.75, 3.05) is 7.11 Å². The fraction of sp³-hybridized carbons (Fsp3) is 0.571. The number of carbonyl (C=O) groups is 2. The molecule has 17 heavy (non-hydrogen) atoms. The van der Waals surface area contributed by atoms with Gasteiger partial charge in [-0.15, -0.1) is 0 Å². The topological polar surface area (TPSA) is 43.4 Å². The molecule has 0 spiro atoms. The monoisotopic (exact) mass is 236 g/mol. The van der Waals surface area contributed by atoms with Crippen LogP contribution in [0.3, 0.4) is 0 Å². The second kappa shape index (κ2) is 7.05. The lowest BCUT2D eigenvalue weighted by Gasteiger charge is -2.12. The second-order valence-corrected chi connectivity index (χ2v) is 4.28. The molecule has 0 atom stereocenters. The molecule has 0 radical (unpaired) electrons. The van der Waals surface area contributed by atoms with Gasteiger partial charge in [-0.25, -0.2) is 0 Å². The maximum atomic E-state index is 11.8. The predicted octanol–water partition coefficient (Wildman–Crippen LogP) is 2.96. The van der Waals surface area contributed by atoms with E-state index in [1.165, 1.54) is 38.5 Å². The molecule has 0 N–H and O–H groups in total. The molecular formula is C14H20O3. The second-order valence-electron chi connectivity index (χ2n) is 4.28. The van der Waals surface area contributed by atoms with Crippen molar-refractivity contribution in [3.8, 4) is 0 Å². The Morgan fingerprint density at radius 3 is 2.41 bits per heavy atom. The standard InChI is InChI=1S/C14H20O3/c1-3-4-5-6-7-8-11-9-12(15)10-13(17-2)14(11)16/h9-10H,3-8H2,1-2H3. The molecular weight excluding hydrogens is 216 g/mol. The van der Waals surface area contributed by atoms with Crippen LogP contribution in [0, 0.1) is 0 Å². The van der Waals surface area contributed by atoms with Crippen molar-refractivity contribution in [3.63, 3.8) is 0 Å². The van der Waals surface area contributed by atoms with E-state index in [1.807, 2.05) is 0 Å². The smallest absolute Gasteiger partial charge is 0.223 e. The van der Waals surface area contributed by atoms with Crippen LogP contribution in [0.15, 0.2) is 23.5 Å². The highest BCUT2D eigenvalue weighted by Gasteiger charge is 2.21. The number of rotatable bonds is 7. The van der Waals surface area contributed by atoms with Crippen LogP contribution in [-0.4, -0.2) is 18.7 Å². The molecule has 0 saturated heterocycles. The number of hydrogen-bond donors (Lipinski definition) is 0. The molecule has 0 fully saturated rings. The summed E-state index contributed by atoms with van der Waals surface area (Å²) < 4.78 is 4.90. The molecule has 0 bridgehead atoms. The Morgan fingerprint density at radius 2 is 1.76 bits per heavy atom. The molecule has 3 heteroatoms. The molecule has 0 amide bonds. The summed E-state index contributed by atoms with van der Waals surface area (Å²) >= 11 is 0.